The number of thiophene rings is 1. The molecule has 24 heavy (non-hydrogen) atoms. The summed E-state index contributed by atoms with van der Waals surface area (Å²) in [5.74, 6) is -0.108. The highest BCUT2D eigenvalue weighted by molar-refractivity contribution is 7.12. The van der Waals surface area contributed by atoms with E-state index in [9.17, 15) is 4.79 Å². The van der Waals surface area contributed by atoms with Gasteiger partial charge in [0.15, 0.2) is 0 Å². The van der Waals surface area contributed by atoms with Gasteiger partial charge in [-0.05, 0) is 57.9 Å². The lowest BCUT2D eigenvalue weighted by Crippen LogP contribution is -2.32. The Hall–Kier alpha value is -1.37. The van der Waals surface area contributed by atoms with Crippen molar-refractivity contribution in [3.63, 3.8) is 0 Å². The van der Waals surface area contributed by atoms with Gasteiger partial charge >= 0.3 is 0 Å². The molecule has 5 nitrogen and oxygen atoms in total. The predicted octanol–water partition coefficient (Wildman–Crippen LogP) is 3.40. The topological polar surface area (TPSA) is 59.0 Å². The maximum absolute atomic E-state index is 12.4. The molecule has 2 aromatic rings. The van der Waals surface area contributed by atoms with Crippen LogP contribution < -0.4 is 10.6 Å². The molecule has 2 unspecified atom stereocenters. The molecule has 0 spiro atoms. The second-order valence-corrected chi connectivity index (χ2v) is 7.71. The zero-order valence-corrected chi connectivity index (χ0v) is 16.0. The van der Waals surface area contributed by atoms with Gasteiger partial charge in [-0.1, -0.05) is 0 Å². The minimum Gasteiger partial charge on any atom is -0.344 e. The number of aryl methyl sites for hydroxylation is 2. The van der Waals surface area contributed by atoms with Crippen molar-refractivity contribution < 1.29 is 4.79 Å². The Morgan fingerprint density at radius 2 is 2.29 bits per heavy atom. The van der Waals surface area contributed by atoms with Gasteiger partial charge in [-0.15, -0.1) is 23.7 Å². The number of carbonyl (C=O) groups is 1. The first-order valence-electron chi connectivity index (χ1n) is 8.18. The van der Waals surface area contributed by atoms with Gasteiger partial charge in [-0.3, -0.25) is 9.48 Å². The fourth-order valence-electron chi connectivity index (χ4n) is 3.15. The molecule has 3 rings (SSSR count). The molecule has 1 fully saturated rings. The summed E-state index contributed by atoms with van der Waals surface area (Å²) in [6, 6.07) is 4.30. The van der Waals surface area contributed by atoms with Crippen molar-refractivity contribution in [2.45, 2.75) is 45.7 Å². The van der Waals surface area contributed by atoms with E-state index in [4.69, 9.17) is 0 Å². The number of hydrogen-bond acceptors (Lipinski definition) is 4. The van der Waals surface area contributed by atoms with Crippen molar-refractivity contribution in [1.29, 1.82) is 0 Å². The van der Waals surface area contributed by atoms with Crippen LogP contribution in [-0.4, -0.2) is 28.8 Å². The number of hydrogen-bond donors (Lipinski definition) is 2. The summed E-state index contributed by atoms with van der Waals surface area (Å²) >= 11 is 1.77. The van der Waals surface area contributed by atoms with E-state index < -0.39 is 0 Å². The normalized spacial score (nSPS) is 18.7. The van der Waals surface area contributed by atoms with Crippen molar-refractivity contribution in [3.05, 3.63) is 39.3 Å². The van der Waals surface area contributed by atoms with Gasteiger partial charge in [0, 0.05) is 22.5 Å². The van der Waals surface area contributed by atoms with Crippen LogP contribution in [0.4, 0.5) is 0 Å². The van der Waals surface area contributed by atoms with E-state index in [1.54, 1.807) is 11.3 Å². The Kier molecular flexibility index (Phi) is 6.43. The monoisotopic (exact) mass is 368 g/mol. The number of amides is 1. The van der Waals surface area contributed by atoms with Crippen LogP contribution >= 0.6 is 23.7 Å². The number of aromatic nitrogens is 2. The molecule has 1 aliphatic rings. The molecule has 3 heterocycles. The molecule has 0 radical (unpaired) electrons. The molecular formula is C17H25ClN4OS. The van der Waals surface area contributed by atoms with Gasteiger partial charge in [-0.2, -0.15) is 5.10 Å². The Morgan fingerprint density at radius 3 is 2.92 bits per heavy atom. The summed E-state index contributed by atoms with van der Waals surface area (Å²) in [6.45, 7) is 8.21. The molecule has 0 saturated carbocycles. The molecule has 132 valence electrons. The third-order valence-corrected chi connectivity index (χ3v) is 5.36. The number of nitrogens with zero attached hydrogens (tertiary/aromatic N) is 2. The van der Waals surface area contributed by atoms with Crippen LogP contribution in [0.3, 0.4) is 0 Å². The smallest absolute Gasteiger partial charge is 0.272 e. The third-order valence-electron chi connectivity index (χ3n) is 4.38. The summed E-state index contributed by atoms with van der Waals surface area (Å²) in [5.41, 5.74) is 1.68. The minimum atomic E-state index is -0.108. The first kappa shape index (κ1) is 19.0. The van der Waals surface area contributed by atoms with Crippen LogP contribution in [0, 0.1) is 13.8 Å². The lowest BCUT2D eigenvalue weighted by atomic mass is 10.1. The first-order chi connectivity index (χ1) is 11.0. The van der Waals surface area contributed by atoms with Gasteiger partial charge in [0.2, 0.25) is 0 Å². The lowest BCUT2D eigenvalue weighted by Gasteiger charge is -2.22. The second-order valence-electron chi connectivity index (χ2n) is 6.24. The van der Waals surface area contributed by atoms with Gasteiger partial charge in [-0.25, -0.2) is 0 Å². The zero-order valence-electron chi connectivity index (χ0n) is 14.3. The first-order valence-corrected chi connectivity index (χ1v) is 9.00. The largest absolute Gasteiger partial charge is 0.344 e. The SMILES string of the molecule is Cc1cc(C(C)NC(=O)c2ccn(C3CCCNC3)n2)c(C)s1.Cl. The highest BCUT2D eigenvalue weighted by Gasteiger charge is 2.19. The summed E-state index contributed by atoms with van der Waals surface area (Å²) in [6.07, 6.45) is 4.18. The van der Waals surface area contributed by atoms with E-state index in [1.807, 2.05) is 23.9 Å². The van der Waals surface area contributed by atoms with Crippen molar-refractivity contribution >= 4 is 29.7 Å². The van der Waals surface area contributed by atoms with E-state index in [0.717, 1.165) is 25.9 Å². The van der Waals surface area contributed by atoms with Crippen molar-refractivity contribution in [2.24, 2.45) is 0 Å². The fourth-order valence-corrected chi connectivity index (χ4v) is 4.17. The average Bonchev–Trinajstić information content (AvgIpc) is 3.15. The number of nitrogens with one attached hydrogen (secondary N) is 2. The molecule has 0 bridgehead atoms. The second kappa shape index (κ2) is 8.14. The van der Waals surface area contributed by atoms with Gasteiger partial charge < -0.3 is 10.6 Å². The third kappa shape index (κ3) is 4.18. The summed E-state index contributed by atoms with van der Waals surface area (Å²) in [7, 11) is 0. The molecule has 1 saturated heterocycles. The Morgan fingerprint density at radius 1 is 1.50 bits per heavy atom. The summed E-state index contributed by atoms with van der Waals surface area (Å²) in [5, 5.41) is 10.9. The molecule has 2 atom stereocenters. The summed E-state index contributed by atoms with van der Waals surface area (Å²) in [4.78, 5) is 15.0. The van der Waals surface area contributed by atoms with Crippen LogP contribution in [-0.2, 0) is 0 Å². The van der Waals surface area contributed by atoms with Crippen LogP contribution in [0.1, 0.15) is 57.7 Å². The molecule has 1 aliphatic heterocycles. The van der Waals surface area contributed by atoms with Crippen LogP contribution in [0.5, 0.6) is 0 Å². The van der Waals surface area contributed by atoms with E-state index >= 15 is 0 Å². The molecule has 2 N–H and O–H groups in total. The number of carbonyl (C=O) groups excluding carboxylic acids is 1. The van der Waals surface area contributed by atoms with Crippen molar-refractivity contribution in [3.8, 4) is 0 Å². The molecule has 1 amide bonds. The summed E-state index contributed by atoms with van der Waals surface area (Å²) < 4.78 is 1.92. The van der Waals surface area contributed by atoms with Crippen LogP contribution in [0.25, 0.3) is 0 Å². The Labute approximate surface area is 153 Å². The van der Waals surface area contributed by atoms with Crippen molar-refractivity contribution in [1.82, 2.24) is 20.4 Å². The maximum Gasteiger partial charge on any atom is 0.272 e. The van der Waals surface area contributed by atoms with Crippen LogP contribution in [0.2, 0.25) is 0 Å². The maximum atomic E-state index is 12.4. The van der Waals surface area contributed by atoms with E-state index in [0.29, 0.717) is 11.7 Å². The minimum absolute atomic E-state index is 0. The highest BCUT2D eigenvalue weighted by Crippen LogP contribution is 2.26. The number of rotatable bonds is 4. The number of piperidine rings is 1. The van der Waals surface area contributed by atoms with Crippen LogP contribution in [0.15, 0.2) is 18.3 Å². The Bertz CT molecular complexity index is 691. The van der Waals surface area contributed by atoms with Gasteiger partial charge in [0.1, 0.15) is 5.69 Å². The molecule has 2 aromatic heterocycles. The van der Waals surface area contributed by atoms with E-state index in [2.05, 4.69) is 35.6 Å². The van der Waals surface area contributed by atoms with E-state index in [1.165, 1.54) is 15.3 Å². The van der Waals surface area contributed by atoms with E-state index in [-0.39, 0.29) is 24.4 Å². The Balaban J connectivity index is 0.00000208. The fraction of sp³-hybridized carbons (Fsp3) is 0.529. The molecule has 0 aliphatic carbocycles. The van der Waals surface area contributed by atoms with Gasteiger partial charge in [0.05, 0.1) is 12.1 Å². The standard InChI is InChI=1S/C17H24N4OS.ClH/c1-11-9-15(13(3)23-11)12(2)19-17(22)16-6-8-21(20-16)14-5-4-7-18-10-14;/h6,8-9,12,14,18H,4-5,7,10H2,1-3H3,(H,19,22);1H. The lowest BCUT2D eigenvalue weighted by molar-refractivity contribution is 0.0933. The molecule has 7 heteroatoms. The quantitative estimate of drug-likeness (QED) is 0.869. The van der Waals surface area contributed by atoms with Crippen molar-refractivity contribution in [2.75, 3.05) is 13.1 Å². The number of halogens is 1. The molecular weight excluding hydrogens is 344 g/mol. The predicted molar refractivity (Wildman–Crippen MR) is 100 cm³/mol. The average molecular weight is 369 g/mol. The highest BCUT2D eigenvalue weighted by atomic mass is 35.5. The van der Waals surface area contributed by atoms with Gasteiger partial charge in [0.25, 0.3) is 5.91 Å². The zero-order chi connectivity index (χ0) is 16.4. The molecule has 0 aromatic carbocycles.